The molecule has 0 saturated heterocycles. The number of rotatable bonds is 3. The van der Waals surface area contributed by atoms with E-state index in [4.69, 9.17) is 5.73 Å². The van der Waals surface area contributed by atoms with Gasteiger partial charge in [0.15, 0.2) is 11.5 Å². The Balaban J connectivity index is 1.97. The van der Waals surface area contributed by atoms with Crippen LogP contribution in [-0.2, 0) is 6.42 Å². The number of nitrogens with two attached hydrogens (primary N) is 1. The minimum atomic E-state index is -0.105. The molecule has 0 bridgehead atoms. The maximum Gasteiger partial charge on any atom is 0.157 e. The van der Waals surface area contributed by atoms with E-state index in [0.717, 1.165) is 18.5 Å². The standard InChI is InChI=1S/C16H18N2O2/c17-10-14(12-5-6-15(19)16(20)9-12)18-8-7-11-3-1-2-4-13(11)18/h1-6,9,14,19-20H,7-8,10,17H2. The van der Waals surface area contributed by atoms with E-state index in [1.165, 1.54) is 17.3 Å². The zero-order chi connectivity index (χ0) is 14.1. The molecule has 4 N–H and O–H groups in total. The van der Waals surface area contributed by atoms with Crippen molar-refractivity contribution in [3.63, 3.8) is 0 Å². The maximum absolute atomic E-state index is 9.67. The third-order valence-corrected chi connectivity index (χ3v) is 3.91. The van der Waals surface area contributed by atoms with Crippen molar-refractivity contribution in [3.05, 3.63) is 53.6 Å². The largest absolute Gasteiger partial charge is 0.504 e. The quantitative estimate of drug-likeness (QED) is 0.748. The highest BCUT2D eigenvalue weighted by molar-refractivity contribution is 5.60. The Hall–Kier alpha value is -2.20. The van der Waals surface area contributed by atoms with Crippen LogP contribution in [0.15, 0.2) is 42.5 Å². The number of nitrogens with zero attached hydrogens (tertiary/aromatic N) is 1. The fraction of sp³-hybridized carbons (Fsp3) is 0.250. The lowest BCUT2D eigenvalue weighted by Crippen LogP contribution is -2.32. The van der Waals surface area contributed by atoms with Crippen molar-refractivity contribution in [1.29, 1.82) is 0 Å². The van der Waals surface area contributed by atoms with Crippen molar-refractivity contribution in [3.8, 4) is 11.5 Å². The molecule has 2 aromatic carbocycles. The SMILES string of the molecule is NCC(c1ccc(O)c(O)c1)N1CCc2ccccc21. The zero-order valence-corrected chi connectivity index (χ0v) is 11.2. The molecule has 0 amide bonds. The second-order valence-corrected chi connectivity index (χ2v) is 5.07. The maximum atomic E-state index is 9.67. The molecular weight excluding hydrogens is 252 g/mol. The van der Waals surface area contributed by atoms with Crippen molar-refractivity contribution in [2.75, 3.05) is 18.0 Å². The number of fused-ring (bicyclic) bond motifs is 1. The molecule has 0 aromatic heterocycles. The van der Waals surface area contributed by atoms with Crippen LogP contribution in [0.4, 0.5) is 5.69 Å². The van der Waals surface area contributed by atoms with E-state index in [0.29, 0.717) is 6.54 Å². The molecule has 104 valence electrons. The Labute approximate surface area is 118 Å². The van der Waals surface area contributed by atoms with Gasteiger partial charge < -0.3 is 20.8 Å². The number of hydrogen-bond acceptors (Lipinski definition) is 4. The first-order chi connectivity index (χ1) is 9.70. The lowest BCUT2D eigenvalue weighted by molar-refractivity contribution is 0.402. The molecule has 1 aliphatic rings. The van der Waals surface area contributed by atoms with Crippen LogP contribution in [0, 0.1) is 0 Å². The molecule has 0 radical (unpaired) electrons. The topological polar surface area (TPSA) is 69.7 Å². The van der Waals surface area contributed by atoms with Gasteiger partial charge in [-0.3, -0.25) is 0 Å². The van der Waals surface area contributed by atoms with E-state index < -0.39 is 0 Å². The van der Waals surface area contributed by atoms with Crippen molar-refractivity contribution in [2.24, 2.45) is 5.73 Å². The number of hydrogen-bond donors (Lipinski definition) is 3. The summed E-state index contributed by atoms with van der Waals surface area (Å²) >= 11 is 0. The van der Waals surface area contributed by atoms with E-state index >= 15 is 0 Å². The highest BCUT2D eigenvalue weighted by atomic mass is 16.3. The van der Waals surface area contributed by atoms with Crippen LogP contribution in [0.25, 0.3) is 0 Å². The normalized spacial score (nSPS) is 15.2. The van der Waals surface area contributed by atoms with Crippen LogP contribution < -0.4 is 10.6 Å². The van der Waals surface area contributed by atoms with E-state index in [1.807, 2.05) is 18.2 Å². The van der Waals surface area contributed by atoms with E-state index in [1.54, 1.807) is 6.07 Å². The highest BCUT2D eigenvalue weighted by Gasteiger charge is 2.26. The Morgan fingerprint density at radius 3 is 2.65 bits per heavy atom. The fourth-order valence-electron chi connectivity index (χ4n) is 2.88. The molecule has 1 heterocycles. The summed E-state index contributed by atoms with van der Waals surface area (Å²) in [6, 6.07) is 13.2. The Kier molecular flexibility index (Phi) is 3.24. The molecule has 2 aromatic rings. The number of anilines is 1. The second-order valence-electron chi connectivity index (χ2n) is 5.07. The molecular formula is C16H18N2O2. The lowest BCUT2D eigenvalue weighted by Gasteiger charge is -2.30. The molecule has 0 spiro atoms. The molecule has 4 nitrogen and oxygen atoms in total. The fourth-order valence-corrected chi connectivity index (χ4v) is 2.88. The van der Waals surface area contributed by atoms with Gasteiger partial charge in [-0.1, -0.05) is 24.3 Å². The molecule has 1 unspecified atom stereocenters. The highest BCUT2D eigenvalue weighted by Crippen LogP contribution is 2.36. The van der Waals surface area contributed by atoms with Crippen molar-refractivity contribution in [1.82, 2.24) is 0 Å². The number of phenolic OH excluding ortho intramolecular Hbond substituents is 2. The molecule has 0 fully saturated rings. The average molecular weight is 270 g/mol. The van der Waals surface area contributed by atoms with Crippen LogP contribution in [0.3, 0.4) is 0 Å². The Morgan fingerprint density at radius 1 is 1.10 bits per heavy atom. The minimum absolute atomic E-state index is 0.00477. The summed E-state index contributed by atoms with van der Waals surface area (Å²) < 4.78 is 0. The summed E-state index contributed by atoms with van der Waals surface area (Å²) in [4.78, 5) is 2.27. The van der Waals surface area contributed by atoms with Crippen LogP contribution in [-0.4, -0.2) is 23.3 Å². The summed E-state index contributed by atoms with van der Waals surface area (Å²) in [5.74, 6) is -0.209. The van der Waals surface area contributed by atoms with Crippen LogP contribution >= 0.6 is 0 Å². The van der Waals surface area contributed by atoms with Gasteiger partial charge in [0, 0.05) is 18.8 Å². The summed E-state index contributed by atoms with van der Waals surface area (Å²) in [5, 5.41) is 19.1. The number of aromatic hydroxyl groups is 2. The van der Waals surface area contributed by atoms with Gasteiger partial charge in [-0.25, -0.2) is 0 Å². The van der Waals surface area contributed by atoms with Gasteiger partial charge in [-0.05, 0) is 35.7 Å². The molecule has 20 heavy (non-hydrogen) atoms. The monoisotopic (exact) mass is 270 g/mol. The Bertz CT molecular complexity index is 628. The zero-order valence-electron chi connectivity index (χ0n) is 11.2. The van der Waals surface area contributed by atoms with Crippen molar-refractivity contribution in [2.45, 2.75) is 12.5 Å². The summed E-state index contributed by atoms with van der Waals surface area (Å²) in [6.07, 6.45) is 1.01. The van der Waals surface area contributed by atoms with E-state index in [9.17, 15) is 10.2 Å². The predicted octanol–water partition coefficient (Wildman–Crippen LogP) is 2.16. The molecule has 1 aliphatic heterocycles. The van der Waals surface area contributed by atoms with E-state index in [2.05, 4.69) is 17.0 Å². The number of phenols is 2. The lowest BCUT2D eigenvalue weighted by atomic mass is 10.0. The van der Waals surface area contributed by atoms with Crippen molar-refractivity contribution >= 4 is 5.69 Å². The van der Waals surface area contributed by atoms with Crippen LogP contribution in [0.5, 0.6) is 11.5 Å². The van der Waals surface area contributed by atoms with Gasteiger partial charge in [0.25, 0.3) is 0 Å². The van der Waals surface area contributed by atoms with Crippen molar-refractivity contribution < 1.29 is 10.2 Å². The van der Waals surface area contributed by atoms with Gasteiger partial charge >= 0.3 is 0 Å². The summed E-state index contributed by atoms with van der Waals surface area (Å²) in [5.41, 5.74) is 9.39. The van der Waals surface area contributed by atoms with E-state index in [-0.39, 0.29) is 17.5 Å². The average Bonchev–Trinajstić information content (AvgIpc) is 2.88. The first-order valence-electron chi connectivity index (χ1n) is 6.77. The third-order valence-electron chi connectivity index (χ3n) is 3.91. The van der Waals surface area contributed by atoms with Crippen LogP contribution in [0.1, 0.15) is 17.2 Å². The first-order valence-corrected chi connectivity index (χ1v) is 6.77. The summed E-state index contributed by atoms with van der Waals surface area (Å²) in [6.45, 7) is 1.38. The summed E-state index contributed by atoms with van der Waals surface area (Å²) in [7, 11) is 0. The molecule has 0 saturated carbocycles. The Morgan fingerprint density at radius 2 is 1.90 bits per heavy atom. The smallest absolute Gasteiger partial charge is 0.157 e. The van der Waals surface area contributed by atoms with Crippen LogP contribution in [0.2, 0.25) is 0 Å². The van der Waals surface area contributed by atoms with Gasteiger partial charge in [0.1, 0.15) is 0 Å². The molecule has 0 aliphatic carbocycles. The predicted molar refractivity (Wildman–Crippen MR) is 79.1 cm³/mol. The first kappa shape index (κ1) is 12.8. The number of para-hydroxylation sites is 1. The molecule has 4 heteroatoms. The third kappa shape index (κ3) is 2.08. The van der Waals surface area contributed by atoms with Gasteiger partial charge in [-0.15, -0.1) is 0 Å². The van der Waals surface area contributed by atoms with Gasteiger partial charge in [0.2, 0.25) is 0 Å². The van der Waals surface area contributed by atoms with Gasteiger partial charge in [0.05, 0.1) is 6.04 Å². The molecule has 1 atom stereocenters. The minimum Gasteiger partial charge on any atom is -0.504 e. The number of benzene rings is 2. The second kappa shape index (κ2) is 5.06. The molecule has 3 rings (SSSR count). The van der Waals surface area contributed by atoms with Gasteiger partial charge in [-0.2, -0.15) is 0 Å².